The van der Waals surface area contributed by atoms with Gasteiger partial charge in [0.05, 0.1) is 0 Å². The van der Waals surface area contributed by atoms with Crippen molar-refractivity contribution in [3.8, 4) is 0 Å². The molecule has 0 aliphatic carbocycles. The first-order chi connectivity index (χ1) is 10.2. The highest BCUT2D eigenvalue weighted by Crippen LogP contribution is 2.42. The number of benzene rings is 1. The number of hydrogen-bond acceptors (Lipinski definition) is 4. The van der Waals surface area contributed by atoms with Crippen LogP contribution < -0.4 is 10.6 Å². The van der Waals surface area contributed by atoms with Crippen molar-refractivity contribution in [2.45, 2.75) is 11.7 Å². The van der Waals surface area contributed by atoms with Crippen LogP contribution in [-0.4, -0.2) is 43.1 Å². The van der Waals surface area contributed by atoms with Crippen LogP contribution in [0.25, 0.3) is 0 Å². The molecule has 6 heteroatoms. The van der Waals surface area contributed by atoms with Crippen molar-refractivity contribution >= 4 is 6.21 Å². The zero-order valence-corrected chi connectivity index (χ0v) is 11.6. The minimum atomic E-state index is -3.15. The molecule has 112 valence electrons. The molecule has 2 aliphatic heterocycles. The van der Waals surface area contributed by atoms with Gasteiger partial charge in [-0.1, -0.05) is 30.3 Å². The van der Waals surface area contributed by atoms with E-state index in [2.05, 4.69) is 15.6 Å². The summed E-state index contributed by atoms with van der Waals surface area (Å²) in [7, 11) is 0. The predicted octanol–water partition coefficient (Wildman–Crippen LogP) is 1.53. The fourth-order valence-electron chi connectivity index (χ4n) is 2.78. The quantitative estimate of drug-likeness (QED) is 0.887. The summed E-state index contributed by atoms with van der Waals surface area (Å²) in [4.78, 5) is 5.86. The Bertz CT molecular complexity index is 538. The van der Waals surface area contributed by atoms with Crippen molar-refractivity contribution in [2.75, 3.05) is 26.2 Å². The number of rotatable bonds is 3. The highest BCUT2D eigenvalue weighted by molar-refractivity contribution is 5.72. The van der Waals surface area contributed by atoms with Crippen molar-refractivity contribution in [3.63, 3.8) is 0 Å². The van der Waals surface area contributed by atoms with Crippen molar-refractivity contribution in [1.82, 2.24) is 15.5 Å². The first-order valence-electron chi connectivity index (χ1n) is 7.04. The monoisotopic (exact) mass is 292 g/mol. The number of halogens is 2. The van der Waals surface area contributed by atoms with Crippen LogP contribution in [0.4, 0.5) is 8.78 Å². The average molecular weight is 292 g/mol. The summed E-state index contributed by atoms with van der Waals surface area (Å²) in [6.45, 7) is 2.38. The zero-order valence-electron chi connectivity index (χ0n) is 11.6. The molecule has 1 atom stereocenters. The fraction of sp³-hybridized carbons (Fsp3) is 0.400. The molecule has 2 N–H and O–H groups in total. The van der Waals surface area contributed by atoms with E-state index in [4.69, 9.17) is 0 Å². The van der Waals surface area contributed by atoms with E-state index >= 15 is 8.78 Å². The summed E-state index contributed by atoms with van der Waals surface area (Å²) in [5.41, 5.74) is -0.0384. The Balaban J connectivity index is 2.03. The standard InChI is InChI=1S/C15H18F2N4/c16-14(17,13-5-2-1-3-6-13)15(19-7-4-8-20-15)21-11-9-18-10-12-21/h1-8,18-19H,9-12H2. The summed E-state index contributed by atoms with van der Waals surface area (Å²) in [6, 6.07) is 7.86. The summed E-state index contributed by atoms with van der Waals surface area (Å²) < 4.78 is 30.4. The van der Waals surface area contributed by atoms with Crippen LogP contribution in [0.1, 0.15) is 5.56 Å². The molecule has 4 nitrogen and oxygen atoms in total. The number of nitrogens with zero attached hydrogens (tertiary/aromatic N) is 2. The number of allylic oxidation sites excluding steroid dienone is 1. The van der Waals surface area contributed by atoms with Gasteiger partial charge in [-0.05, 0) is 6.08 Å². The minimum Gasteiger partial charge on any atom is -0.350 e. The Kier molecular flexibility index (Phi) is 3.73. The third-order valence-electron chi connectivity index (χ3n) is 3.88. The molecule has 0 amide bonds. The van der Waals surface area contributed by atoms with E-state index in [-0.39, 0.29) is 5.56 Å². The Morgan fingerprint density at radius 3 is 2.48 bits per heavy atom. The first kappa shape index (κ1) is 14.2. The predicted molar refractivity (Wildman–Crippen MR) is 78.3 cm³/mol. The Hall–Kier alpha value is -1.79. The summed E-state index contributed by atoms with van der Waals surface area (Å²) >= 11 is 0. The average Bonchev–Trinajstić information content (AvgIpc) is 2.57. The zero-order chi connectivity index (χ0) is 14.8. The maximum atomic E-state index is 15.2. The fourth-order valence-corrected chi connectivity index (χ4v) is 2.78. The second kappa shape index (κ2) is 5.54. The molecule has 0 spiro atoms. The summed E-state index contributed by atoms with van der Waals surface area (Å²) in [5, 5.41) is 5.99. The van der Waals surface area contributed by atoms with Crippen molar-refractivity contribution < 1.29 is 8.78 Å². The maximum absolute atomic E-state index is 15.2. The van der Waals surface area contributed by atoms with Gasteiger partial charge >= 0.3 is 5.92 Å². The molecular formula is C15H18F2N4. The van der Waals surface area contributed by atoms with Crippen LogP contribution in [0.15, 0.2) is 47.6 Å². The lowest BCUT2D eigenvalue weighted by Crippen LogP contribution is -2.68. The molecule has 2 aliphatic rings. The molecule has 1 saturated heterocycles. The first-order valence-corrected chi connectivity index (χ1v) is 7.04. The number of aliphatic imine (C=N–C) groups is 1. The van der Waals surface area contributed by atoms with Gasteiger partial charge < -0.3 is 10.6 Å². The Morgan fingerprint density at radius 2 is 1.86 bits per heavy atom. The van der Waals surface area contributed by atoms with Crippen LogP contribution >= 0.6 is 0 Å². The molecule has 0 bridgehead atoms. The minimum absolute atomic E-state index is 0.0384. The third kappa shape index (κ3) is 2.34. The summed E-state index contributed by atoms with van der Waals surface area (Å²) in [5.74, 6) is -4.90. The van der Waals surface area contributed by atoms with Gasteiger partial charge in [-0.2, -0.15) is 8.78 Å². The Labute approximate surface area is 122 Å². The molecule has 3 rings (SSSR count). The van der Waals surface area contributed by atoms with E-state index in [9.17, 15) is 0 Å². The molecule has 1 unspecified atom stereocenters. The molecular weight excluding hydrogens is 274 g/mol. The van der Waals surface area contributed by atoms with Crippen molar-refractivity contribution in [3.05, 3.63) is 48.2 Å². The SMILES string of the molecule is FC(F)(c1ccccc1)C1(N2CCNCC2)N=CC=CN1. The molecule has 0 saturated carbocycles. The van der Waals surface area contributed by atoms with Crippen molar-refractivity contribution in [1.29, 1.82) is 0 Å². The second-order valence-electron chi connectivity index (χ2n) is 5.13. The molecule has 0 radical (unpaired) electrons. The molecule has 2 heterocycles. The van der Waals surface area contributed by atoms with Gasteiger partial charge in [-0.15, -0.1) is 0 Å². The lowest BCUT2D eigenvalue weighted by atomic mass is 9.99. The van der Waals surface area contributed by atoms with Gasteiger partial charge in [-0.25, -0.2) is 4.99 Å². The van der Waals surface area contributed by atoms with E-state index in [1.807, 2.05) is 0 Å². The van der Waals surface area contributed by atoms with Crippen LogP contribution in [0.2, 0.25) is 0 Å². The molecule has 0 aromatic heterocycles. The summed E-state index contributed by atoms with van der Waals surface area (Å²) in [6.07, 6.45) is 4.60. The van der Waals surface area contributed by atoms with E-state index < -0.39 is 11.7 Å². The van der Waals surface area contributed by atoms with Crippen LogP contribution in [0, 0.1) is 0 Å². The molecule has 21 heavy (non-hydrogen) atoms. The number of alkyl halides is 2. The number of piperazine rings is 1. The van der Waals surface area contributed by atoms with Crippen molar-refractivity contribution in [2.24, 2.45) is 4.99 Å². The van der Waals surface area contributed by atoms with E-state index in [1.165, 1.54) is 24.5 Å². The van der Waals surface area contributed by atoms with Gasteiger partial charge in [0, 0.05) is 44.2 Å². The highest BCUT2D eigenvalue weighted by atomic mass is 19.3. The van der Waals surface area contributed by atoms with Crippen LogP contribution in [-0.2, 0) is 5.92 Å². The van der Waals surface area contributed by atoms with Crippen LogP contribution in [0.3, 0.4) is 0 Å². The van der Waals surface area contributed by atoms with Gasteiger partial charge in [0.2, 0.25) is 0 Å². The third-order valence-corrected chi connectivity index (χ3v) is 3.88. The normalized spacial score (nSPS) is 26.6. The smallest absolute Gasteiger partial charge is 0.329 e. The molecule has 1 aromatic rings. The number of nitrogens with one attached hydrogen (secondary N) is 2. The largest absolute Gasteiger partial charge is 0.350 e. The molecule has 1 fully saturated rings. The van der Waals surface area contributed by atoms with E-state index in [0.717, 1.165) is 0 Å². The van der Waals surface area contributed by atoms with Gasteiger partial charge in [0.15, 0.2) is 0 Å². The van der Waals surface area contributed by atoms with E-state index in [0.29, 0.717) is 26.2 Å². The topological polar surface area (TPSA) is 39.7 Å². The lowest BCUT2D eigenvalue weighted by molar-refractivity contribution is -0.163. The van der Waals surface area contributed by atoms with Gasteiger partial charge in [0.25, 0.3) is 5.79 Å². The Morgan fingerprint density at radius 1 is 1.14 bits per heavy atom. The highest BCUT2D eigenvalue weighted by Gasteiger charge is 2.59. The molecule has 1 aromatic carbocycles. The lowest BCUT2D eigenvalue weighted by Gasteiger charge is -2.47. The van der Waals surface area contributed by atoms with Crippen LogP contribution in [0.5, 0.6) is 0 Å². The van der Waals surface area contributed by atoms with E-state index in [1.54, 1.807) is 29.2 Å². The second-order valence-corrected chi connectivity index (χ2v) is 5.13. The van der Waals surface area contributed by atoms with Gasteiger partial charge in [0.1, 0.15) is 0 Å². The number of hydrogen-bond donors (Lipinski definition) is 2. The van der Waals surface area contributed by atoms with Gasteiger partial charge in [-0.3, -0.25) is 4.90 Å². The maximum Gasteiger partial charge on any atom is 0.329 e.